The molecule has 13 aromatic rings. The van der Waals surface area contributed by atoms with Crippen LogP contribution in [0.1, 0.15) is 23.3 Å². The summed E-state index contributed by atoms with van der Waals surface area (Å²) >= 11 is 0. The van der Waals surface area contributed by atoms with Gasteiger partial charge in [-0.2, -0.15) is 0 Å². The maximum absolute atomic E-state index is 8.73. The first-order chi connectivity index (χ1) is 36.2. The second-order valence-corrected chi connectivity index (χ2v) is 18.3. The molecule has 0 amide bonds. The minimum Gasteiger partial charge on any atom is -0.309 e. The van der Waals surface area contributed by atoms with Gasteiger partial charge in [0.2, 0.25) is 0 Å². The van der Waals surface area contributed by atoms with Crippen LogP contribution in [0, 0.1) is 34.3 Å². The molecule has 0 fully saturated rings. The number of hydrogen-bond donors (Lipinski definition) is 0. The third kappa shape index (κ3) is 7.59. The van der Waals surface area contributed by atoms with Crippen LogP contribution in [-0.2, 0) is 0 Å². The van der Waals surface area contributed by atoms with Gasteiger partial charge in [-0.3, -0.25) is 0 Å². The van der Waals surface area contributed by atoms with Crippen LogP contribution in [0.15, 0.2) is 182 Å². The number of aromatic nitrogens is 11. The summed E-state index contributed by atoms with van der Waals surface area (Å²) in [4.78, 5) is 47.3. The molecule has 0 aliphatic carbocycles. The summed E-state index contributed by atoms with van der Waals surface area (Å²) in [7, 11) is 0. The molecule has 0 saturated heterocycles. The molecule has 0 unspecified atom stereocenters. The third-order valence-electron chi connectivity index (χ3n) is 13.4. The minimum absolute atomic E-state index is 0.491. The molecule has 0 aliphatic rings. The van der Waals surface area contributed by atoms with E-state index in [4.69, 9.17) is 41.5 Å². The van der Waals surface area contributed by atoms with Crippen molar-refractivity contribution in [2.24, 2.45) is 0 Å². The molecule has 13 rings (SSSR count). The van der Waals surface area contributed by atoms with E-state index in [1.54, 1.807) is 0 Å². The monoisotopic (exact) mass is 954 g/mol. The lowest BCUT2D eigenvalue weighted by atomic mass is 9.97. The minimum atomic E-state index is 0.491. The van der Waals surface area contributed by atoms with Crippen LogP contribution in [0.25, 0.3) is 128 Å². The summed E-state index contributed by atoms with van der Waals surface area (Å²) in [5.74, 6) is 5.54. The second kappa shape index (κ2) is 17.6. The summed E-state index contributed by atoms with van der Waals surface area (Å²) in [6, 6.07) is 62.0. The Morgan fingerprint density at radius 3 is 1.27 bits per heavy atom. The molecule has 74 heavy (non-hydrogen) atoms. The van der Waals surface area contributed by atoms with Crippen LogP contribution in [0.5, 0.6) is 0 Å². The average Bonchev–Trinajstić information content (AvgIpc) is 3.95. The maximum atomic E-state index is 8.73. The van der Waals surface area contributed by atoms with Crippen molar-refractivity contribution in [3.8, 4) is 79.4 Å². The predicted octanol–water partition coefficient (Wildman–Crippen LogP) is 14.2. The summed E-state index contributed by atoms with van der Waals surface area (Å²) in [6.45, 7) is 16.3. The van der Waals surface area contributed by atoms with Gasteiger partial charge >= 0.3 is 0 Å². The highest BCUT2D eigenvalue weighted by Gasteiger charge is 2.23. The van der Waals surface area contributed by atoms with Crippen LogP contribution < -0.4 is 0 Å². The van der Waals surface area contributed by atoms with Crippen molar-refractivity contribution in [3.63, 3.8) is 0 Å². The molecule has 5 aromatic heterocycles. The number of aryl methyl sites for hydroxylation is 4. The van der Waals surface area contributed by atoms with Gasteiger partial charge in [0.15, 0.2) is 34.8 Å². The van der Waals surface area contributed by atoms with Gasteiger partial charge < -0.3 is 9.13 Å². The van der Waals surface area contributed by atoms with Crippen LogP contribution in [0.2, 0.25) is 0 Å². The Morgan fingerprint density at radius 2 is 0.743 bits per heavy atom. The molecular formula is C62H42N12. The normalized spacial score (nSPS) is 11.5. The van der Waals surface area contributed by atoms with Gasteiger partial charge in [0.25, 0.3) is 0 Å². The van der Waals surface area contributed by atoms with Crippen molar-refractivity contribution < 1.29 is 0 Å². The van der Waals surface area contributed by atoms with E-state index in [1.165, 1.54) is 0 Å². The molecule has 0 N–H and O–H groups in total. The second-order valence-electron chi connectivity index (χ2n) is 18.3. The molecule has 8 aromatic carbocycles. The smallest absolute Gasteiger partial charge is 0.195 e. The standard InChI is InChI=1S/C62H42N12/c1-36-64-37(2)67-60(66-36)42-24-29-55-49(32-42)46-20-12-14-22-53(46)73(55)45-27-28-52(63-5)48(35-45)51-34-44(62-71-58(40-16-8-6-9-17-40)70-59(72-62)41-18-10-7-11-19-41)26-31-57(51)74-54-23-15-13-21-47(54)50-33-43(25-30-56(50)74)61-68-38(3)65-39(4)69-61/h6-35H,1-4H3. The van der Waals surface area contributed by atoms with Gasteiger partial charge in [0.05, 0.1) is 34.3 Å². The summed E-state index contributed by atoms with van der Waals surface area (Å²) in [6.07, 6.45) is 0. The Morgan fingerprint density at radius 1 is 0.324 bits per heavy atom. The van der Waals surface area contributed by atoms with Gasteiger partial charge in [0.1, 0.15) is 23.3 Å². The molecule has 5 heterocycles. The molecule has 0 bridgehead atoms. The van der Waals surface area contributed by atoms with Crippen molar-refractivity contribution in [3.05, 3.63) is 217 Å². The van der Waals surface area contributed by atoms with Gasteiger partial charge in [-0.15, -0.1) is 0 Å². The number of para-hydroxylation sites is 2. The van der Waals surface area contributed by atoms with Crippen LogP contribution in [0.3, 0.4) is 0 Å². The molecule has 0 aliphatic heterocycles. The van der Waals surface area contributed by atoms with E-state index in [-0.39, 0.29) is 0 Å². The quantitative estimate of drug-likeness (QED) is 0.137. The van der Waals surface area contributed by atoms with Crippen molar-refractivity contribution in [2.45, 2.75) is 27.7 Å². The summed E-state index contributed by atoms with van der Waals surface area (Å²) in [5.41, 5.74) is 12.1. The van der Waals surface area contributed by atoms with E-state index in [0.29, 0.717) is 58.1 Å². The van der Waals surface area contributed by atoms with E-state index < -0.39 is 0 Å². The molecule has 0 spiro atoms. The highest BCUT2D eigenvalue weighted by molar-refractivity contribution is 6.12. The SMILES string of the molecule is [C-]#[N+]c1ccc(-n2c3ccccc3c3cc(-c4nc(C)nc(C)n4)ccc32)cc1-c1cc(-c2nc(-c3ccccc3)nc(-c3ccccc3)n2)ccc1-n1c2ccccc2c2cc(-c3nc(C)nc(C)n3)ccc21. The van der Waals surface area contributed by atoms with E-state index in [9.17, 15) is 0 Å². The number of rotatable bonds is 8. The summed E-state index contributed by atoms with van der Waals surface area (Å²) in [5, 5.41) is 4.23. The molecule has 350 valence electrons. The lowest BCUT2D eigenvalue weighted by molar-refractivity contribution is 0.928. The lowest BCUT2D eigenvalue weighted by Crippen LogP contribution is -2.02. The number of fused-ring (bicyclic) bond motifs is 6. The molecule has 12 heteroatoms. The van der Waals surface area contributed by atoms with Crippen LogP contribution in [0.4, 0.5) is 5.69 Å². The third-order valence-corrected chi connectivity index (χ3v) is 13.4. The topological polar surface area (TPSA) is 130 Å². The summed E-state index contributed by atoms with van der Waals surface area (Å²) < 4.78 is 4.57. The lowest BCUT2D eigenvalue weighted by Gasteiger charge is -2.18. The maximum Gasteiger partial charge on any atom is 0.195 e. The molecule has 0 atom stereocenters. The highest BCUT2D eigenvalue weighted by Crippen LogP contribution is 2.44. The number of benzene rings is 8. The van der Waals surface area contributed by atoms with Gasteiger partial charge in [-0.25, -0.2) is 49.7 Å². The van der Waals surface area contributed by atoms with Gasteiger partial charge in [-0.1, -0.05) is 103 Å². The van der Waals surface area contributed by atoms with Crippen molar-refractivity contribution >= 4 is 49.3 Å². The Hall–Kier alpha value is -10.1. The van der Waals surface area contributed by atoms with Crippen LogP contribution in [-0.4, -0.2) is 54.0 Å². The van der Waals surface area contributed by atoms with Crippen molar-refractivity contribution in [1.29, 1.82) is 0 Å². The van der Waals surface area contributed by atoms with E-state index in [1.807, 2.05) is 100 Å². The zero-order valence-corrected chi connectivity index (χ0v) is 40.7. The Balaban J connectivity index is 1.07. The van der Waals surface area contributed by atoms with Gasteiger partial charge in [-0.05, 0) is 118 Å². The number of nitrogens with zero attached hydrogens (tertiary/aromatic N) is 12. The fourth-order valence-corrected chi connectivity index (χ4v) is 10.3. The fourth-order valence-electron chi connectivity index (χ4n) is 10.3. The predicted molar refractivity (Wildman–Crippen MR) is 293 cm³/mol. The first kappa shape index (κ1) is 43.9. The van der Waals surface area contributed by atoms with E-state index in [2.05, 4.69) is 133 Å². The average molecular weight is 955 g/mol. The molecule has 0 saturated carbocycles. The molecule has 0 radical (unpaired) electrons. The molecular weight excluding hydrogens is 913 g/mol. The highest BCUT2D eigenvalue weighted by atomic mass is 15.1. The molecule has 12 nitrogen and oxygen atoms in total. The first-order valence-corrected chi connectivity index (χ1v) is 24.2. The zero-order chi connectivity index (χ0) is 50.0. The van der Waals surface area contributed by atoms with Crippen LogP contribution >= 0.6 is 0 Å². The van der Waals surface area contributed by atoms with E-state index in [0.717, 1.165) is 93.9 Å². The number of hydrogen-bond acceptors (Lipinski definition) is 9. The Kier molecular flexibility index (Phi) is 10.4. The fraction of sp³-hybridized carbons (Fsp3) is 0.0645. The van der Waals surface area contributed by atoms with Crippen molar-refractivity contribution in [2.75, 3.05) is 0 Å². The van der Waals surface area contributed by atoms with E-state index >= 15 is 0 Å². The largest absolute Gasteiger partial charge is 0.309 e. The van der Waals surface area contributed by atoms with Gasteiger partial charge in [0, 0.05) is 55.0 Å². The Labute approximate surface area is 425 Å². The first-order valence-electron chi connectivity index (χ1n) is 24.2. The van der Waals surface area contributed by atoms with Crippen molar-refractivity contribution in [1.82, 2.24) is 54.0 Å². The Bertz CT molecular complexity index is 4340. The zero-order valence-electron chi connectivity index (χ0n) is 40.7.